The molecular formula is C9H9ClN4O3. The van der Waals surface area contributed by atoms with Crippen molar-refractivity contribution in [1.29, 1.82) is 0 Å². The molecule has 17 heavy (non-hydrogen) atoms. The van der Waals surface area contributed by atoms with Gasteiger partial charge in [-0.15, -0.1) is 5.10 Å². The van der Waals surface area contributed by atoms with Gasteiger partial charge in [-0.05, 0) is 12.1 Å². The molecule has 1 aromatic carbocycles. The number of nitrogens with zero attached hydrogens (tertiary/aromatic N) is 2. The topological polar surface area (TPSA) is 101 Å². The minimum absolute atomic E-state index is 0.103. The van der Waals surface area contributed by atoms with E-state index in [2.05, 4.69) is 10.2 Å². The highest BCUT2D eigenvalue weighted by Crippen LogP contribution is 2.39. The van der Waals surface area contributed by atoms with Crippen molar-refractivity contribution in [1.82, 2.24) is 5.48 Å². The van der Waals surface area contributed by atoms with E-state index in [1.165, 1.54) is 6.21 Å². The maximum Gasteiger partial charge on any atom is 0.237 e. The van der Waals surface area contributed by atoms with Gasteiger partial charge in [-0.2, -0.15) is 5.10 Å². The summed E-state index contributed by atoms with van der Waals surface area (Å²) in [4.78, 5) is 0. The number of rotatable bonds is 2. The lowest BCUT2D eigenvalue weighted by Gasteiger charge is -2.19. The second-order valence-electron chi connectivity index (χ2n) is 3.04. The molecule has 0 saturated carbocycles. The Balaban J connectivity index is 2.26. The van der Waals surface area contributed by atoms with Crippen LogP contribution in [0.3, 0.4) is 0 Å². The number of hydroxylamine groups is 1. The van der Waals surface area contributed by atoms with Crippen LogP contribution >= 0.6 is 11.6 Å². The first-order chi connectivity index (χ1) is 8.22. The first kappa shape index (κ1) is 11.5. The third-order valence-corrected chi connectivity index (χ3v) is 2.34. The van der Waals surface area contributed by atoms with Gasteiger partial charge in [0, 0.05) is 5.56 Å². The van der Waals surface area contributed by atoms with Crippen LogP contribution in [-0.4, -0.2) is 24.2 Å². The maximum atomic E-state index is 8.38. The highest BCUT2D eigenvalue weighted by atomic mass is 35.5. The summed E-state index contributed by atoms with van der Waals surface area (Å²) in [5.74, 6) is 0.817. The van der Waals surface area contributed by atoms with Crippen LogP contribution in [0.15, 0.2) is 22.3 Å². The van der Waals surface area contributed by atoms with Gasteiger partial charge in [0.25, 0.3) is 0 Å². The Bertz CT molecular complexity index is 489. The van der Waals surface area contributed by atoms with Gasteiger partial charge in [0.1, 0.15) is 10.8 Å². The number of ether oxygens (including phenoxy) is 2. The molecule has 4 N–H and O–H groups in total. The fourth-order valence-electron chi connectivity index (χ4n) is 1.24. The van der Waals surface area contributed by atoms with E-state index in [4.69, 9.17) is 32.0 Å². The molecule has 0 atom stereocenters. The second kappa shape index (κ2) is 4.89. The quantitative estimate of drug-likeness (QED) is 0.411. The fraction of sp³-hybridized carbons (Fsp3) is 0.111. The standard InChI is InChI=1S/C9H9ClN4O3/c10-7-6-2-1-5(8(7)17-4-16-6)3-12-13-9(11)14-15/h1-3,15H,4H2,(H3,11,13,14)/b12-3+. The largest absolute Gasteiger partial charge is 0.456 e. The molecule has 0 fully saturated rings. The number of benzene rings is 1. The number of fused-ring (bicyclic) bond motifs is 2. The Morgan fingerprint density at radius 2 is 2.35 bits per heavy atom. The van der Waals surface area contributed by atoms with Gasteiger partial charge in [-0.3, -0.25) is 5.21 Å². The van der Waals surface area contributed by atoms with Gasteiger partial charge in [-0.1, -0.05) is 11.6 Å². The lowest BCUT2D eigenvalue weighted by molar-refractivity contribution is 0.106. The predicted molar refractivity (Wildman–Crippen MR) is 61.7 cm³/mol. The summed E-state index contributed by atoms with van der Waals surface area (Å²) in [6, 6.07) is 3.42. The van der Waals surface area contributed by atoms with Gasteiger partial charge in [0.15, 0.2) is 5.75 Å². The molecule has 0 aliphatic carbocycles. The molecule has 2 bridgehead atoms. The van der Waals surface area contributed by atoms with E-state index < -0.39 is 0 Å². The molecule has 0 saturated heterocycles. The molecule has 1 aliphatic rings. The van der Waals surface area contributed by atoms with E-state index in [0.717, 1.165) is 0 Å². The van der Waals surface area contributed by atoms with Gasteiger partial charge in [0.2, 0.25) is 12.8 Å². The third-order valence-electron chi connectivity index (χ3n) is 1.99. The van der Waals surface area contributed by atoms with Gasteiger partial charge in [0.05, 0.1) is 6.21 Å². The molecule has 8 heteroatoms. The number of hydrogen-bond acceptors (Lipinski definition) is 5. The summed E-state index contributed by atoms with van der Waals surface area (Å²) in [6.45, 7) is 0.103. The summed E-state index contributed by atoms with van der Waals surface area (Å²) in [5.41, 5.74) is 7.45. The molecular weight excluding hydrogens is 248 g/mol. The SMILES string of the molecule is N/C(=N\N=C\c1ccc2c(Cl)c1OCO2)NO. The summed E-state index contributed by atoms with van der Waals surface area (Å²) in [6.07, 6.45) is 1.40. The maximum absolute atomic E-state index is 8.38. The highest BCUT2D eigenvalue weighted by Gasteiger charge is 2.17. The van der Waals surface area contributed by atoms with E-state index in [-0.39, 0.29) is 12.8 Å². The molecule has 0 radical (unpaired) electrons. The lowest BCUT2D eigenvalue weighted by atomic mass is 10.2. The summed E-state index contributed by atoms with van der Waals surface area (Å²) >= 11 is 5.99. The summed E-state index contributed by atoms with van der Waals surface area (Å²) in [5, 5.41) is 15.9. The minimum atomic E-state index is -0.220. The molecule has 0 amide bonds. The summed E-state index contributed by atoms with van der Waals surface area (Å²) in [7, 11) is 0. The third kappa shape index (κ3) is 2.40. The van der Waals surface area contributed by atoms with Crippen molar-refractivity contribution >= 4 is 23.8 Å². The molecule has 0 spiro atoms. The second-order valence-corrected chi connectivity index (χ2v) is 3.42. The van der Waals surface area contributed by atoms with E-state index in [9.17, 15) is 0 Å². The normalized spacial score (nSPS) is 14.4. The molecule has 0 unspecified atom stereocenters. The van der Waals surface area contributed by atoms with Gasteiger partial charge >= 0.3 is 0 Å². The first-order valence-electron chi connectivity index (χ1n) is 4.57. The average molecular weight is 257 g/mol. The number of guanidine groups is 1. The molecule has 0 aromatic heterocycles. The van der Waals surface area contributed by atoms with Crippen LogP contribution in [0.2, 0.25) is 5.02 Å². The van der Waals surface area contributed by atoms with Crippen LogP contribution in [-0.2, 0) is 0 Å². The smallest absolute Gasteiger partial charge is 0.237 e. The van der Waals surface area contributed by atoms with Crippen molar-refractivity contribution < 1.29 is 14.7 Å². The van der Waals surface area contributed by atoms with Crippen LogP contribution < -0.4 is 20.7 Å². The highest BCUT2D eigenvalue weighted by molar-refractivity contribution is 6.34. The monoisotopic (exact) mass is 256 g/mol. The van der Waals surface area contributed by atoms with Gasteiger partial charge in [-0.25, -0.2) is 5.48 Å². The number of hydrogen-bond donors (Lipinski definition) is 3. The molecule has 7 nitrogen and oxygen atoms in total. The Morgan fingerprint density at radius 1 is 1.53 bits per heavy atom. The minimum Gasteiger partial charge on any atom is -0.456 e. The Hall–Kier alpha value is -1.99. The van der Waals surface area contributed by atoms with Crippen molar-refractivity contribution in [3.8, 4) is 11.5 Å². The lowest BCUT2D eigenvalue weighted by Crippen LogP contribution is -2.27. The average Bonchev–Trinajstić information content (AvgIpc) is 2.31. The van der Waals surface area contributed by atoms with Crippen LogP contribution in [0.4, 0.5) is 0 Å². The van der Waals surface area contributed by atoms with Crippen molar-refractivity contribution in [3.63, 3.8) is 0 Å². The van der Waals surface area contributed by atoms with Crippen LogP contribution in [0.1, 0.15) is 5.56 Å². The predicted octanol–water partition coefficient (Wildman–Crippen LogP) is 0.696. The Kier molecular flexibility index (Phi) is 3.31. The van der Waals surface area contributed by atoms with E-state index in [0.29, 0.717) is 22.1 Å². The van der Waals surface area contributed by atoms with Crippen LogP contribution in [0, 0.1) is 0 Å². The molecule has 2 rings (SSSR count). The fourth-order valence-corrected chi connectivity index (χ4v) is 1.52. The zero-order chi connectivity index (χ0) is 12.3. The van der Waals surface area contributed by atoms with Crippen molar-refractivity contribution in [2.75, 3.05) is 6.79 Å². The van der Waals surface area contributed by atoms with E-state index >= 15 is 0 Å². The first-order valence-corrected chi connectivity index (χ1v) is 4.95. The van der Waals surface area contributed by atoms with Crippen molar-refractivity contribution in [3.05, 3.63) is 22.7 Å². The number of nitrogens with one attached hydrogen (secondary N) is 1. The summed E-state index contributed by atoms with van der Waals surface area (Å²) < 4.78 is 10.4. The Labute approximate surface area is 101 Å². The van der Waals surface area contributed by atoms with E-state index in [1.807, 2.05) is 0 Å². The van der Waals surface area contributed by atoms with Crippen LogP contribution in [0.5, 0.6) is 11.5 Å². The zero-order valence-corrected chi connectivity index (χ0v) is 9.31. The Morgan fingerprint density at radius 3 is 3.12 bits per heavy atom. The van der Waals surface area contributed by atoms with E-state index in [1.54, 1.807) is 17.6 Å². The van der Waals surface area contributed by atoms with Crippen molar-refractivity contribution in [2.24, 2.45) is 15.9 Å². The molecule has 1 aromatic rings. The zero-order valence-electron chi connectivity index (χ0n) is 8.55. The van der Waals surface area contributed by atoms with Crippen LogP contribution in [0.25, 0.3) is 0 Å². The molecule has 1 heterocycles. The number of halogens is 1. The van der Waals surface area contributed by atoms with Gasteiger partial charge < -0.3 is 15.2 Å². The molecule has 1 aliphatic heterocycles. The van der Waals surface area contributed by atoms with Crippen molar-refractivity contribution in [2.45, 2.75) is 0 Å². The number of nitrogens with two attached hydrogens (primary N) is 1. The molecule has 90 valence electrons.